The molecule has 0 saturated carbocycles. The molecule has 138 valence electrons. The first-order chi connectivity index (χ1) is 12.6. The van der Waals surface area contributed by atoms with Crippen molar-refractivity contribution in [3.8, 4) is 0 Å². The molecule has 0 spiro atoms. The van der Waals surface area contributed by atoms with Gasteiger partial charge >= 0.3 is 0 Å². The Morgan fingerprint density at radius 3 is 2.42 bits per heavy atom. The minimum atomic E-state index is -0.0953. The molecule has 0 radical (unpaired) electrons. The van der Waals surface area contributed by atoms with Crippen molar-refractivity contribution < 1.29 is 4.74 Å². The molecular formula is C23H28BrNO. The minimum Gasteiger partial charge on any atom is -0.478 e. The van der Waals surface area contributed by atoms with E-state index in [0.29, 0.717) is 6.61 Å². The smallest absolute Gasteiger partial charge is 0.191 e. The number of hydrogen-bond donors (Lipinski definition) is 0. The van der Waals surface area contributed by atoms with Gasteiger partial charge < -0.3 is 4.74 Å². The third-order valence-corrected chi connectivity index (χ3v) is 5.66. The molecule has 1 aliphatic heterocycles. The standard InChI is InChI=1S/C23H28BrNO/c1-23(2)17-26-22(25-23)20(18-11-5-3-6-12-18)15-8-4-7-13-19-14-9-10-16-21(19)24/h3,5-6,9-12,14,16,20H,4,7-8,13,15,17H2,1-2H3. The van der Waals surface area contributed by atoms with Crippen LogP contribution in [-0.4, -0.2) is 18.0 Å². The summed E-state index contributed by atoms with van der Waals surface area (Å²) in [5.41, 5.74) is 2.62. The van der Waals surface area contributed by atoms with Crippen LogP contribution in [-0.2, 0) is 11.2 Å². The Morgan fingerprint density at radius 1 is 1.00 bits per heavy atom. The first-order valence-electron chi connectivity index (χ1n) is 9.56. The van der Waals surface area contributed by atoms with E-state index in [1.165, 1.54) is 34.9 Å². The van der Waals surface area contributed by atoms with Crippen molar-refractivity contribution in [3.63, 3.8) is 0 Å². The van der Waals surface area contributed by atoms with E-state index in [1.54, 1.807) is 0 Å². The van der Waals surface area contributed by atoms with E-state index in [4.69, 9.17) is 9.73 Å². The monoisotopic (exact) mass is 413 g/mol. The molecule has 3 rings (SSSR count). The van der Waals surface area contributed by atoms with Crippen LogP contribution in [0.15, 0.2) is 64.1 Å². The fraction of sp³-hybridized carbons (Fsp3) is 0.435. The molecule has 0 bridgehead atoms. The van der Waals surface area contributed by atoms with E-state index in [9.17, 15) is 0 Å². The molecule has 0 aliphatic carbocycles. The molecule has 3 heteroatoms. The van der Waals surface area contributed by atoms with Gasteiger partial charge in [0.05, 0.1) is 11.5 Å². The lowest BCUT2D eigenvalue weighted by molar-refractivity contribution is 0.269. The molecule has 0 saturated heterocycles. The summed E-state index contributed by atoms with van der Waals surface area (Å²) < 4.78 is 7.19. The summed E-state index contributed by atoms with van der Waals surface area (Å²) in [4.78, 5) is 4.84. The average molecular weight is 414 g/mol. The van der Waals surface area contributed by atoms with E-state index < -0.39 is 0 Å². The van der Waals surface area contributed by atoms with Gasteiger partial charge in [0.25, 0.3) is 0 Å². The highest BCUT2D eigenvalue weighted by atomic mass is 79.9. The number of aliphatic imine (C=N–C) groups is 1. The summed E-state index contributed by atoms with van der Waals surface area (Å²) >= 11 is 3.64. The second-order valence-corrected chi connectivity index (χ2v) is 8.56. The topological polar surface area (TPSA) is 21.6 Å². The second-order valence-electron chi connectivity index (χ2n) is 7.71. The largest absolute Gasteiger partial charge is 0.478 e. The average Bonchev–Trinajstić information content (AvgIpc) is 3.00. The highest BCUT2D eigenvalue weighted by Gasteiger charge is 2.31. The van der Waals surface area contributed by atoms with Crippen LogP contribution in [0.2, 0.25) is 0 Å². The van der Waals surface area contributed by atoms with Gasteiger partial charge in [0, 0.05) is 4.47 Å². The third-order valence-electron chi connectivity index (χ3n) is 4.88. The normalized spacial score (nSPS) is 16.8. The first kappa shape index (κ1) is 19.2. The van der Waals surface area contributed by atoms with Crippen LogP contribution in [0.5, 0.6) is 0 Å². The molecule has 2 aromatic carbocycles. The molecule has 2 aromatic rings. The number of benzene rings is 2. The number of rotatable bonds is 8. The maximum Gasteiger partial charge on any atom is 0.191 e. The lowest BCUT2D eigenvalue weighted by atomic mass is 9.92. The fourth-order valence-corrected chi connectivity index (χ4v) is 3.93. The number of halogens is 1. The molecule has 1 heterocycles. The van der Waals surface area contributed by atoms with Crippen LogP contribution >= 0.6 is 15.9 Å². The van der Waals surface area contributed by atoms with Gasteiger partial charge in [0.1, 0.15) is 6.61 Å². The van der Waals surface area contributed by atoms with E-state index in [0.717, 1.165) is 18.7 Å². The predicted octanol–water partition coefficient (Wildman–Crippen LogP) is 6.54. The molecule has 1 unspecified atom stereocenters. The zero-order chi connectivity index (χ0) is 18.4. The van der Waals surface area contributed by atoms with Gasteiger partial charge in [-0.1, -0.05) is 77.3 Å². The maximum atomic E-state index is 5.97. The lowest BCUT2D eigenvalue weighted by Crippen LogP contribution is -2.17. The Labute approximate surface area is 165 Å². The molecule has 26 heavy (non-hydrogen) atoms. The molecule has 0 N–H and O–H groups in total. The number of ether oxygens (including phenoxy) is 1. The van der Waals surface area contributed by atoms with Gasteiger partial charge in [-0.05, 0) is 50.3 Å². The lowest BCUT2D eigenvalue weighted by Gasteiger charge is -2.17. The number of nitrogens with zero attached hydrogens (tertiary/aromatic N) is 1. The van der Waals surface area contributed by atoms with Gasteiger partial charge in [-0.3, -0.25) is 0 Å². The van der Waals surface area contributed by atoms with Gasteiger partial charge in [-0.2, -0.15) is 0 Å². The van der Waals surface area contributed by atoms with E-state index >= 15 is 0 Å². The van der Waals surface area contributed by atoms with Gasteiger partial charge in [0.15, 0.2) is 5.90 Å². The number of hydrogen-bond acceptors (Lipinski definition) is 2. The van der Waals surface area contributed by atoms with Crippen LogP contribution in [0.1, 0.15) is 56.6 Å². The van der Waals surface area contributed by atoms with Crippen molar-refractivity contribution in [1.82, 2.24) is 0 Å². The summed E-state index contributed by atoms with van der Waals surface area (Å²) in [6, 6.07) is 19.2. The van der Waals surface area contributed by atoms with E-state index in [-0.39, 0.29) is 11.5 Å². The van der Waals surface area contributed by atoms with Crippen LogP contribution in [0.4, 0.5) is 0 Å². The summed E-state index contributed by atoms with van der Waals surface area (Å²) in [5, 5.41) is 0. The summed E-state index contributed by atoms with van der Waals surface area (Å²) in [5.74, 6) is 1.20. The summed E-state index contributed by atoms with van der Waals surface area (Å²) in [7, 11) is 0. The van der Waals surface area contributed by atoms with Gasteiger partial charge in [0.2, 0.25) is 0 Å². The second kappa shape index (κ2) is 8.85. The molecule has 2 nitrogen and oxygen atoms in total. The zero-order valence-electron chi connectivity index (χ0n) is 15.7. The maximum absolute atomic E-state index is 5.97. The van der Waals surface area contributed by atoms with Crippen LogP contribution in [0.25, 0.3) is 0 Å². The fourth-order valence-electron chi connectivity index (χ4n) is 3.45. The van der Waals surface area contributed by atoms with Crippen molar-refractivity contribution in [2.24, 2.45) is 4.99 Å². The number of unbranched alkanes of at least 4 members (excludes halogenated alkanes) is 2. The molecular weight excluding hydrogens is 386 g/mol. The molecule has 1 atom stereocenters. The SMILES string of the molecule is CC1(C)COC(C(CCCCCc2ccccc2Br)c2ccccc2)=N1. The molecule has 0 fully saturated rings. The summed E-state index contributed by atoms with van der Waals surface area (Å²) in [6.07, 6.45) is 5.84. The Bertz CT molecular complexity index is 739. The summed E-state index contributed by atoms with van der Waals surface area (Å²) in [6.45, 7) is 4.97. The van der Waals surface area contributed by atoms with Crippen LogP contribution < -0.4 is 0 Å². The third kappa shape index (κ3) is 5.20. The van der Waals surface area contributed by atoms with E-state index in [1.807, 2.05) is 0 Å². The number of aryl methyl sites for hydroxylation is 1. The zero-order valence-corrected chi connectivity index (χ0v) is 17.3. The van der Waals surface area contributed by atoms with Crippen molar-refractivity contribution >= 4 is 21.8 Å². The van der Waals surface area contributed by atoms with Gasteiger partial charge in [-0.25, -0.2) is 4.99 Å². The Hall–Kier alpha value is -1.61. The van der Waals surface area contributed by atoms with Crippen molar-refractivity contribution in [1.29, 1.82) is 0 Å². The molecule has 0 aromatic heterocycles. The Kier molecular flexibility index (Phi) is 6.53. The Balaban J connectivity index is 1.56. The van der Waals surface area contributed by atoms with Crippen molar-refractivity contribution in [2.75, 3.05) is 6.61 Å². The van der Waals surface area contributed by atoms with Crippen molar-refractivity contribution in [2.45, 2.75) is 57.4 Å². The predicted molar refractivity (Wildman–Crippen MR) is 113 cm³/mol. The molecule has 1 aliphatic rings. The molecule has 0 amide bonds. The van der Waals surface area contributed by atoms with Crippen molar-refractivity contribution in [3.05, 3.63) is 70.2 Å². The Morgan fingerprint density at radius 2 is 1.73 bits per heavy atom. The minimum absolute atomic E-state index is 0.0953. The highest BCUT2D eigenvalue weighted by Crippen LogP contribution is 2.30. The van der Waals surface area contributed by atoms with Gasteiger partial charge in [-0.15, -0.1) is 0 Å². The highest BCUT2D eigenvalue weighted by molar-refractivity contribution is 9.10. The van der Waals surface area contributed by atoms with Crippen LogP contribution in [0, 0.1) is 0 Å². The first-order valence-corrected chi connectivity index (χ1v) is 10.4. The quantitative estimate of drug-likeness (QED) is 0.449. The van der Waals surface area contributed by atoms with Crippen LogP contribution in [0.3, 0.4) is 0 Å². The van der Waals surface area contributed by atoms with E-state index in [2.05, 4.69) is 84.4 Å².